The quantitative estimate of drug-likeness (QED) is 0.387. The van der Waals surface area contributed by atoms with Crippen LogP contribution in [0.4, 0.5) is 0 Å². The molecule has 0 radical (unpaired) electrons. The van der Waals surface area contributed by atoms with Gasteiger partial charge in [-0.1, -0.05) is 36.4 Å². The van der Waals surface area contributed by atoms with Crippen molar-refractivity contribution < 1.29 is 14.3 Å². The molecular weight excluding hydrogens is 338 g/mol. The van der Waals surface area contributed by atoms with Gasteiger partial charge in [0.2, 0.25) is 0 Å². The minimum atomic E-state index is -0.619. The third-order valence-corrected chi connectivity index (χ3v) is 4.45. The van der Waals surface area contributed by atoms with Crippen LogP contribution in [0.1, 0.15) is 10.5 Å². The predicted molar refractivity (Wildman–Crippen MR) is 96.6 cm³/mol. The number of para-hydroxylation sites is 1. The largest absolute Gasteiger partial charge is 0.451 e. The number of thioether (sulfide) groups is 1. The molecule has 3 rings (SSSR count). The second-order valence-corrected chi connectivity index (χ2v) is 6.37. The van der Waals surface area contributed by atoms with Crippen molar-refractivity contribution in [3.05, 3.63) is 60.3 Å². The lowest BCUT2D eigenvalue weighted by Crippen LogP contribution is -2.30. The molecule has 1 amide bonds. The molecular formula is C18H17N3O3S. The lowest BCUT2D eigenvalue weighted by Gasteiger charge is -2.06. The normalized spacial score (nSPS) is 10.6. The van der Waals surface area contributed by atoms with E-state index in [1.165, 1.54) is 0 Å². The van der Waals surface area contributed by atoms with Gasteiger partial charge in [-0.15, -0.1) is 11.8 Å². The Balaban J connectivity index is 1.40. The van der Waals surface area contributed by atoms with E-state index in [0.29, 0.717) is 11.9 Å². The molecule has 0 bridgehead atoms. The van der Waals surface area contributed by atoms with Crippen molar-refractivity contribution in [2.24, 2.45) is 0 Å². The fourth-order valence-electron chi connectivity index (χ4n) is 2.25. The highest BCUT2D eigenvalue weighted by molar-refractivity contribution is 7.99. The van der Waals surface area contributed by atoms with Crippen LogP contribution < -0.4 is 5.32 Å². The average molecular weight is 355 g/mol. The maximum atomic E-state index is 12.1. The van der Waals surface area contributed by atoms with Crippen LogP contribution in [0, 0.1) is 0 Å². The molecule has 0 spiro atoms. The van der Waals surface area contributed by atoms with Crippen molar-refractivity contribution in [2.45, 2.75) is 4.90 Å². The number of carbonyl (C=O) groups excluding carboxylic acids is 2. The minimum absolute atomic E-state index is 0.183. The Labute approximate surface area is 149 Å². The molecule has 0 saturated carbocycles. The van der Waals surface area contributed by atoms with Crippen LogP contribution in [-0.2, 0) is 9.53 Å². The molecule has 1 aromatic heterocycles. The fraction of sp³-hybridized carbons (Fsp3) is 0.167. The Morgan fingerprint density at radius 1 is 1.08 bits per heavy atom. The summed E-state index contributed by atoms with van der Waals surface area (Å²) in [5, 5.41) is 10.1. The van der Waals surface area contributed by atoms with E-state index < -0.39 is 5.97 Å². The van der Waals surface area contributed by atoms with Gasteiger partial charge in [-0.25, -0.2) is 4.79 Å². The second-order valence-electron chi connectivity index (χ2n) is 5.21. The molecule has 0 atom stereocenters. The number of H-pyrrole nitrogens is 1. The van der Waals surface area contributed by atoms with Crippen LogP contribution in [0.2, 0.25) is 0 Å². The zero-order chi connectivity index (χ0) is 17.5. The average Bonchev–Trinajstić information content (AvgIpc) is 3.08. The molecule has 0 fully saturated rings. The maximum absolute atomic E-state index is 12.1. The van der Waals surface area contributed by atoms with Crippen molar-refractivity contribution in [2.75, 3.05) is 18.9 Å². The first-order valence-corrected chi connectivity index (χ1v) is 8.77. The number of aromatic amines is 1. The number of nitrogens with zero attached hydrogens (tertiary/aromatic N) is 1. The van der Waals surface area contributed by atoms with Crippen LogP contribution in [0.25, 0.3) is 10.9 Å². The Hall–Kier alpha value is -2.80. The molecule has 0 aliphatic carbocycles. The minimum Gasteiger partial charge on any atom is -0.451 e. The Bertz CT molecular complexity index is 864. The molecule has 3 aromatic rings. The van der Waals surface area contributed by atoms with Gasteiger partial charge in [-0.05, 0) is 18.2 Å². The summed E-state index contributed by atoms with van der Waals surface area (Å²) in [6.07, 6.45) is 0. The van der Waals surface area contributed by atoms with Gasteiger partial charge in [0.1, 0.15) is 0 Å². The summed E-state index contributed by atoms with van der Waals surface area (Å²) in [5.74, 6) is -0.207. The summed E-state index contributed by atoms with van der Waals surface area (Å²) >= 11 is 1.65. The number of aromatic nitrogens is 2. The molecule has 2 aromatic carbocycles. The van der Waals surface area contributed by atoms with E-state index in [2.05, 4.69) is 15.5 Å². The summed E-state index contributed by atoms with van der Waals surface area (Å²) in [5.41, 5.74) is 0.930. The Kier molecular flexibility index (Phi) is 5.69. The third kappa shape index (κ3) is 4.60. The standard InChI is InChI=1S/C18H17N3O3S/c22-16(19-10-11-25-13-6-2-1-3-7-13)12-24-18(23)17-14-8-4-5-9-15(14)20-21-17/h1-9H,10-12H2,(H,19,22)(H,20,21). The number of esters is 1. The highest BCUT2D eigenvalue weighted by Crippen LogP contribution is 2.16. The van der Waals surface area contributed by atoms with Crippen LogP contribution in [0.3, 0.4) is 0 Å². The highest BCUT2D eigenvalue weighted by atomic mass is 32.2. The topological polar surface area (TPSA) is 84.1 Å². The first-order chi connectivity index (χ1) is 12.2. The number of hydrogen-bond acceptors (Lipinski definition) is 5. The summed E-state index contributed by atoms with van der Waals surface area (Å²) in [6, 6.07) is 17.2. The van der Waals surface area contributed by atoms with Crippen LogP contribution in [-0.4, -0.2) is 41.0 Å². The number of nitrogens with one attached hydrogen (secondary N) is 2. The first kappa shape index (κ1) is 17.0. The van der Waals surface area contributed by atoms with Crippen LogP contribution in [0.5, 0.6) is 0 Å². The lowest BCUT2D eigenvalue weighted by atomic mass is 10.2. The lowest BCUT2D eigenvalue weighted by molar-refractivity contribution is -0.124. The van der Waals surface area contributed by atoms with Crippen molar-refractivity contribution in [1.29, 1.82) is 0 Å². The van der Waals surface area contributed by atoms with Crippen LogP contribution >= 0.6 is 11.8 Å². The summed E-state index contributed by atoms with van der Waals surface area (Å²) in [6.45, 7) is 0.178. The number of rotatable bonds is 7. The zero-order valence-corrected chi connectivity index (χ0v) is 14.2. The molecule has 128 valence electrons. The monoisotopic (exact) mass is 355 g/mol. The molecule has 25 heavy (non-hydrogen) atoms. The molecule has 0 unspecified atom stereocenters. The van der Waals surface area contributed by atoms with Crippen molar-refractivity contribution in [3.8, 4) is 0 Å². The van der Waals surface area contributed by atoms with Crippen LogP contribution in [0.15, 0.2) is 59.5 Å². The molecule has 2 N–H and O–H groups in total. The van der Waals surface area contributed by atoms with E-state index in [1.54, 1.807) is 17.8 Å². The predicted octanol–water partition coefficient (Wildman–Crippen LogP) is 2.63. The summed E-state index contributed by atoms with van der Waals surface area (Å²) < 4.78 is 5.03. The van der Waals surface area contributed by atoms with E-state index in [1.807, 2.05) is 48.5 Å². The van der Waals surface area contributed by atoms with Gasteiger partial charge in [-0.3, -0.25) is 9.89 Å². The van der Waals surface area contributed by atoms with E-state index in [4.69, 9.17) is 4.74 Å². The molecule has 1 heterocycles. The Morgan fingerprint density at radius 3 is 2.68 bits per heavy atom. The van der Waals surface area contributed by atoms with Gasteiger partial charge in [0, 0.05) is 22.6 Å². The molecule has 0 aliphatic heterocycles. The number of fused-ring (bicyclic) bond motifs is 1. The number of hydrogen-bond donors (Lipinski definition) is 2. The van der Waals surface area contributed by atoms with Gasteiger partial charge in [0.05, 0.1) is 5.52 Å². The van der Waals surface area contributed by atoms with E-state index in [9.17, 15) is 9.59 Å². The number of carbonyl (C=O) groups is 2. The van der Waals surface area contributed by atoms with Crippen molar-refractivity contribution in [3.63, 3.8) is 0 Å². The van der Waals surface area contributed by atoms with Gasteiger partial charge in [0.15, 0.2) is 12.3 Å². The van der Waals surface area contributed by atoms with Gasteiger partial charge >= 0.3 is 5.97 Å². The summed E-state index contributed by atoms with van der Waals surface area (Å²) in [4.78, 5) is 25.0. The molecule has 0 aliphatic rings. The van der Waals surface area contributed by atoms with Gasteiger partial charge in [-0.2, -0.15) is 5.10 Å². The molecule has 6 nitrogen and oxygen atoms in total. The maximum Gasteiger partial charge on any atom is 0.359 e. The van der Waals surface area contributed by atoms with E-state index in [0.717, 1.165) is 16.2 Å². The smallest absolute Gasteiger partial charge is 0.359 e. The SMILES string of the molecule is O=C(COC(=O)c1n[nH]c2ccccc12)NCCSc1ccccc1. The van der Waals surface area contributed by atoms with E-state index in [-0.39, 0.29) is 18.2 Å². The van der Waals surface area contributed by atoms with Crippen molar-refractivity contribution in [1.82, 2.24) is 15.5 Å². The van der Waals surface area contributed by atoms with Gasteiger partial charge < -0.3 is 10.1 Å². The zero-order valence-electron chi connectivity index (χ0n) is 13.4. The number of amides is 1. The van der Waals surface area contributed by atoms with Crippen molar-refractivity contribution >= 4 is 34.5 Å². The Morgan fingerprint density at radius 2 is 1.84 bits per heavy atom. The second kappa shape index (κ2) is 8.34. The highest BCUT2D eigenvalue weighted by Gasteiger charge is 2.16. The molecule has 0 saturated heterocycles. The van der Waals surface area contributed by atoms with E-state index >= 15 is 0 Å². The fourth-order valence-corrected chi connectivity index (χ4v) is 3.04. The number of ether oxygens (including phenoxy) is 1. The van der Waals surface area contributed by atoms with Gasteiger partial charge in [0.25, 0.3) is 5.91 Å². The molecule has 7 heteroatoms. The summed E-state index contributed by atoms with van der Waals surface area (Å²) in [7, 11) is 0. The number of benzene rings is 2. The first-order valence-electron chi connectivity index (χ1n) is 7.79. The third-order valence-electron chi connectivity index (χ3n) is 3.43.